The van der Waals surface area contributed by atoms with Gasteiger partial charge in [0.15, 0.2) is 0 Å². The Bertz CT molecular complexity index is 1640. The Morgan fingerprint density at radius 1 is 0.648 bits per heavy atom. The van der Waals surface area contributed by atoms with E-state index in [1.807, 2.05) is 12.1 Å². The standard InChI is InChI=1S/C44H66O10/c1-39(2,3)51-35(45)29-22-23-30(34(50-17)31(29)36(46)52-40(4,5)6)43(13,14)27-20-18-26(19-21-27)28-24-25-44(15,38(48)54-42(10,11)12)32(33(28)49-16)37(47)53-41(7,8)9/h22-27,32H,18-21H2,1-17H3. The number of carbonyl (C=O) groups excluding carboxylic acids is 4. The van der Waals surface area contributed by atoms with Crippen molar-refractivity contribution in [2.45, 2.75) is 157 Å². The second kappa shape index (κ2) is 15.7. The van der Waals surface area contributed by atoms with Crippen LogP contribution in [-0.2, 0) is 38.7 Å². The highest BCUT2D eigenvalue weighted by atomic mass is 16.6. The van der Waals surface area contributed by atoms with Gasteiger partial charge < -0.3 is 28.4 Å². The van der Waals surface area contributed by atoms with Gasteiger partial charge in [0.2, 0.25) is 0 Å². The molecule has 0 heterocycles. The van der Waals surface area contributed by atoms with Crippen molar-refractivity contribution in [3.8, 4) is 5.75 Å². The van der Waals surface area contributed by atoms with Gasteiger partial charge in [0.05, 0.1) is 19.8 Å². The molecule has 10 nitrogen and oxygen atoms in total. The van der Waals surface area contributed by atoms with Crippen LogP contribution >= 0.6 is 0 Å². The Kier molecular flexibility index (Phi) is 13.0. The first-order chi connectivity index (χ1) is 24.5. The molecule has 54 heavy (non-hydrogen) atoms. The van der Waals surface area contributed by atoms with Gasteiger partial charge in [-0.25, -0.2) is 9.59 Å². The molecule has 0 aromatic heterocycles. The highest BCUT2D eigenvalue weighted by molar-refractivity contribution is 6.06. The molecule has 10 heteroatoms. The summed E-state index contributed by atoms with van der Waals surface area (Å²) in [7, 11) is 3.03. The summed E-state index contributed by atoms with van der Waals surface area (Å²) in [6.45, 7) is 27.4. The van der Waals surface area contributed by atoms with E-state index in [1.165, 1.54) is 14.2 Å². The minimum atomic E-state index is -1.35. The SMILES string of the molecule is COC1=C(C2CCC(C(C)(C)c3ccc(C(=O)OC(C)(C)C)c(C(=O)OC(C)(C)C)c3OC)CC2)C=CC(C)(C(=O)OC(C)(C)C)C1C(=O)OC(C)(C)C. The van der Waals surface area contributed by atoms with E-state index in [4.69, 9.17) is 28.4 Å². The summed E-state index contributed by atoms with van der Waals surface area (Å²) < 4.78 is 35.2. The van der Waals surface area contributed by atoms with Crippen molar-refractivity contribution in [1.82, 2.24) is 0 Å². The summed E-state index contributed by atoms with van der Waals surface area (Å²) in [5.74, 6) is -2.50. The molecule has 3 rings (SSSR count). The Balaban J connectivity index is 2.04. The van der Waals surface area contributed by atoms with E-state index < -0.39 is 63.0 Å². The summed E-state index contributed by atoms with van der Waals surface area (Å²) in [6, 6.07) is 3.50. The summed E-state index contributed by atoms with van der Waals surface area (Å²) in [4.78, 5) is 54.9. The third-order valence-electron chi connectivity index (χ3n) is 9.92. The van der Waals surface area contributed by atoms with Crippen LogP contribution in [0.1, 0.15) is 156 Å². The summed E-state index contributed by atoms with van der Waals surface area (Å²) in [6.07, 6.45) is 6.88. The normalized spacial score (nSPS) is 22.6. The van der Waals surface area contributed by atoms with Crippen LogP contribution in [0.4, 0.5) is 0 Å². The lowest BCUT2D eigenvalue weighted by Crippen LogP contribution is -2.47. The minimum Gasteiger partial charge on any atom is -0.500 e. The Morgan fingerprint density at radius 2 is 1.15 bits per heavy atom. The number of hydrogen-bond donors (Lipinski definition) is 0. The molecule has 0 bridgehead atoms. The van der Waals surface area contributed by atoms with Crippen LogP contribution in [0.25, 0.3) is 0 Å². The average Bonchev–Trinajstić information content (AvgIpc) is 3.00. The third kappa shape index (κ3) is 10.5. The second-order valence-electron chi connectivity index (χ2n) is 19.5. The highest BCUT2D eigenvalue weighted by Crippen LogP contribution is 2.51. The van der Waals surface area contributed by atoms with Gasteiger partial charge in [0, 0.05) is 5.56 Å². The zero-order valence-electron chi connectivity index (χ0n) is 36.0. The number of allylic oxidation sites excluding steroid dienone is 2. The molecule has 1 fully saturated rings. The quantitative estimate of drug-likeness (QED) is 0.178. The molecule has 0 spiro atoms. The minimum absolute atomic E-state index is 0.0457. The van der Waals surface area contributed by atoms with Crippen LogP contribution in [0.5, 0.6) is 5.75 Å². The summed E-state index contributed by atoms with van der Waals surface area (Å²) in [5, 5.41) is 0. The summed E-state index contributed by atoms with van der Waals surface area (Å²) >= 11 is 0. The molecule has 0 saturated heterocycles. The fourth-order valence-corrected chi connectivity index (χ4v) is 7.42. The number of benzene rings is 1. The van der Waals surface area contributed by atoms with Crippen LogP contribution in [0.15, 0.2) is 35.6 Å². The van der Waals surface area contributed by atoms with Crippen molar-refractivity contribution in [3.05, 3.63) is 52.3 Å². The summed E-state index contributed by atoms with van der Waals surface area (Å²) in [5.41, 5.74) is -3.19. The Morgan fingerprint density at radius 3 is 1.61 bits per heavy atom. The third-order valence-corrected chi connectivity index (χ3v) is 9.92. The first-order valence-corrected chi connectivity index (χ1v) is 19.1. The topological polar surface area (TPSA) is 124 Å². The van der Waals surface area contributed by atoms with Crippen LogP contribution in [0, 0.1) is 23.2 Å². The van der Waals surface area contributed by atoms with Gasteiger partial charge in [-0.1, -0.05) is 32.1 Å². The molecule has 1 aromatic carbocycles. The van der Waals surface area contributed by atoms with Crippen molar-refractivity contribution in [1.29, 1.82) is 0 Å². The first-order valence-electron chi connectivity index (χ1n) is 19.1. The largest absolute Gasteiger partial charge is 0.500 e. The maximum absolute atomic E-state index is 13.9. The molecule has 2 unspecified atom stereocenters. The average molecular weight is 755 g/mol. The smallest absolute Gasteiger partial charge is 0.343 e. The zero-order valence-corrected chi connectivity index (χ0v) is 36.0. The molecule has 2 aliphatic carbocycles. The molecule has 1 aromatic rings. The molecular formula is C44H66O10. The van der Waals surface area contributed by atoms with E-state index in [2.05, 4.69) is 13.8 Å². The Hall–Kier alpha value is -3.82. The van der Waals surface area contributed by atoms with Crippen molar-refractivity contribution >= 4 is 23.9 Å². The second-order valence-corrected chi connectivity index (χ2v) is 19.5. The van der Waals surface area contributed by atoms with Crippen molar-refractivity contribution in [2.24, 2.45) is 23.2 Å². The van der Waals surface area contributed by atoms with E-state index in [1.54, 1.807) is 102 Å². The number of rotatable bonds is 9. The van der Waals surface area contributed by atoms with E-state index >= 15 is 0 Å². The fraction of sp³-hybridized carbons (Fsp3) is 0.682. The predicted octanol–water partition coefficient (Wildman–Crippen LogP) is 9.47. The van der Waals surface area contributed by atoms with E-state index in [0.29, 0.717) is 11.5 Å². The lowest BCUT2D eigenvalue weighted by Gasteiger charge is -2.43. The maximum Gasteiger partial charge on any atom is 0.343 e. The van der Waals surface area contributed by atoms with Gasteiger partial charge in [-0.2, -0.15) is 0 Å². The van der Waals surface area contributed by atoms with Gasteiger partial charge in [0.25, 0.3) is 0 Å². The van der Waals surface area contributed by atoms with Crippen LogP contribution in [0.2, 0.25) is 0 Å². The van der Waals surface area contributed by atoms with Crippen LogP contribution in [0.3, 0.4) is 0 Å². The maximum atomic E-state index is 13.9. The van der Waals surface area contributed by atoms with E-state index in [9.17, 15) is 19.2 Å². The molecule has 1 saturated carbocycles. The zero-order chi connectivity index (χ0) is 41.4. The van der Waals surface area contributed by atoms with Crippen molar-refractivity contribution < 1.29 is 47.6 Å². The molecule has 302 valence electrons. The lowest BCUT2D eigenvalue weighted by atomic mass is 9.63. The first kappa shape index (κ1) is 44.6. The van der Waals surface area contributed by atoms with Gasteiger partial charge in [-0.3, -0.25) is 9.59 Å². The number of methoxy groups -OCH3 is 2. The molecule has 2 aliphatic rings. The van der Waals surface area contributed by atoms with E-state index in [0.717, 1.165) is 36.8 Å². The van der Waals surface area contributed by atoms with Crippen LogP contribution in [-0.4, -0.2) is 60.5 Å². The highest BCUT2D eigenvalue weighted by Gasteiger charge is 2.53. The molecular weight excluding hydrogens is 688 g/mol. The predicted molar refractivity (Wildman–Crippen MR) is 208 cm³/mol. The molecule has 0 radical (unpaired) electrons. The molecule has 0 N–H and O–H groups in total. The fourth-order valence-electron chi connectivity index (χ4n) is 7.42. The van der Waals surface area contributed by atoms with Crippen molar-refractivity contribution in [3.63, 3.8) is 0 Å². The number of esters is 4. The molecule has 2 atom stereocenters. The number of hydrogen-bond acceptors (Lipinski definition) is 10. The number of ether oxygens (including phenoxy) is 6. The van der Waals surface area contributed by atoms with Gasteiger partial charge in [-0.15, -0.1) is 0 Å². The van der Waals surface area contributed by atoms with Gasteiger partial charge in [0.1, 0.15) is 50.8 Å². The molecule has 0 aliphatic heterocycles. The van der Waals surface area contributed by atoms with Crippen LogP contribution < -0.4 is 4.74 Å². The van der Waals surface area contributed by atoms with Crippen molar-refractivity contribution in [2.75, 3.05) is 14.2 Å². The Labute approximate surface area is 323 Å². The monoisotopic (exact) mass is 754 g/mol. The van der Waals surface area contributed by atoms with Gasteiger partial charge >= 0.3 is 23.9 Å². The van der Waals surface area contributed by atoms with Gasteiger partial charge in [-0.05, 0) is 145 Å². The lowest BCUT2D eigenvalue weighted by molar-refractivity contribution is -0.177. The molecule has 0 amide bonds. The number of carbonyl (C=O) groups is 4. The van der Waals surface area contributed by atoms with E-state index in [-0.39, 0.29) is 23.0 Å².